The summed E-state index contributed by atoms with van der Waals surface area (Å²) >= 11 is 0. The molecule has 5 nitrogen and oxygen atoms in total. The van der Waals surface area contributed by atoms with E-state index < -0.39 is 12.3 Å². The fourth-order valence-electron chi connectivity index (χ4n) is 0.718. The van der Waals surface area contributed by atoms with Crippen molar-refractivity contribution >= 4 is 6.03 Å². The van der Waals surface area contributed by atoms with E-state index in [1.54, 1.807) is 0 Å². The third-order valence-corrected chi connectivity index (χ3v) is 1.20. The molecule has 78 valence electrons. The third-order valence-electron chi connectivity index (χ3n) is 1.20. The largest absolute Gasteiger partial charge is 0.516 e. The van der Waals surface area contributed by atoms with Gasteiger partial charge in [-0.2, -0.15) is 0 Å². The van der Waals surface area contributed by atoms with Crippen LogP contribution < -0.4 is 11.1 Å². The Bertz CT molecular complexity index is 297. The number of nitrogens with one attached hydrogen (secondary N) is 1. The molecule has 0 aromatic carbocycles. The maximum absolute atomic E-state index is 12.0. The van der Waals surface area contributed by atoms with Gasteiger partial charge in [0, 0.05) is 6.08 Å². The Morgan fingerprint density at radius 3 is 2.71 bits per heavy atom. The minimum atomic E-state index is -4.67. The monoisotopic (exact) mass is 209 g/mol. The molecular formula is C6H6F3N3O2. The van der Waals surface area contributed by atoms with Crippen LogP contribution in [-0.2, 0) is 4.84 Å². The highest BCUT2D eigenvalue weighted by atomic mass is 19.4. The van der Waals surface area contributed by atoms with Gasteiger partial charge in [0.1, 0.15) is 6.26 Å². The summed E-state index contributed by atoms with van der Waals surface area (Å²) in [7, 11) is 0. The van der Waals surface area contributed by atoms with E-state index >= 15 is 0 Å². The van der Waals surface area contributed by atoms with Gasteiger partial charge in [0.05, 0.1) is 11.9 Å². The number of carbonyl (C=O) groups is 1. The molecule has 0 radical (unpaired) electrons. The van der Waals surface area contributed by atoms with Crippen molar-refractivity contribution in [1.29, 1.82) is 0 Å². The smallest absolute Gasteiger partial charge is 0.380 e. The normalized spacial score (nSPS) is 15.9. The number of nitrogens with two attached hydrogens (primary N) is 1. The lowest BCUT2D eigenvalue weighted by molar-refractivity contribution is -0.330. The summed E-state index contributed by atoms with van der Waals surface area (Å²) in [5.41, 5.74) is 4.60. The molecule has 0 bridgehead atoms. The molecule has 0 saturated heterocycles. The lowest BCUT2D eigenvalue weighted by atomic mass is 10.4. The summed E-state index contributed by atoms with van der Waals surface area (Å²) in [6.45, 7) is 0. The molecule has 2 amide bonds. The zero-order valence-corrected chi connectivity index (χ0v) is 6.71. The number of halogens is 3. The van der Waals surface area contributed by atoms with Crippen LogP contribution in [-0.4, -0.2) is 17.4 Å². The molecule has 0 fully saturated rings. The van der Waals surface area contributed by atoms with Gasteiger partial charge in [-0.05, 0) is 0 Å². The Labute approximate surface area is 76.6 Å². The van der Waals surface area contributed by atoms with E-state index in [1.807, 2.05) is 5.32 Å². The lowest BCUT2D eigenvalue weighted by Crippen LogP contribution is -2.36. The van der Waals surface area contributed by atoms with Gasteiger partial charge in [-0.1, -0.05) is 0 Å². The van der Waals surface area contributed by atoms with Crippen molar-refractivity contribution in [2.24, 2.45) is 5.73 Å². The maximum Gasteiger partial charge on any atom is 0.516 e. The van der Waals surface area contributed by atoms with E-state index in [1.165, 1.54) is 0 Å². The van der Waals surface area contributed by atoms with Gasteiger partial charge in [-0.15, -0.1) is 18.2 Å². The van der Waals surface area contributed by atoms with Gasteiger partial charge in [0.25, 0.3) is 0 Å². The maximum atomic E-state index is 12.0. The number of alkyl halides is 3. The van der Waals surface area contributed by atoms with E-state index in [2.05, 4.69) is 4.84 Å². The molecule has 0 aromatic rings. The molecule has 1 rings (SSSR count). The van der Waals surface area contributed by atoms with Crippen molar-refractivity contribution in [2.45, 2.75) is 6.30 Å². The van der Waals surface area contributed by atoms with Gasteiger partial charge in [0.2, 0.25) is 0 Å². The van der Waals surface area contributed by atoms with Crippen LogP contribution in [0.1, 0.15) is 0 Å². The van der Waals surface area contributed by atoms with Crippen molar-refractivity contribution in [2.75, 3.05) is 0 Å². The molecule has 8 heteroatoms. The predicted octanol–water partition coefficient (Wildman–Crippen LogP) is 0.777. The summed E-state index contributed by atoms with van der Waals surface area (Å²) in [5, 5.41) is 1.61. The molecule has 14 heavy (non-hydrogen) atoms. The van der Waals surface area contributed by atoms with E-state index in [0.29, 0.717) is 6.20 Å². The van der Waals surface area contributed by atoms with Gasteiger partial charge >= 0.3 is 12.3 Å². The Morgan fingerprint density at radius 1 is 1.57 bits per heavy atom. The number of hydrogen-bond acceptors (Lipinski definition) is 3. The topological polar surface area (TPSA) is 67.6 Å². The summed E-state index contributed by atoms with van der Waals surface area (Å²) in [6, 6.07) is -0.954. The number of rotatable bonds is 1. The second kappa shape index (κ2) is 3.48. The van der Waals surface area contributed by atoms with Crippen molar-refractivity contribution < 1.29 is 22.8 Å². The molecule has 0 aliphatic carbocycles. The first-order valence-corrected chi connectivity index (χ1v) is 3.37. The second-order valence-corrected chi connectivity index (χ2v) is 2.28. The zero-order valence-electron chi connectivity index (χ0n) is 6.71. The average Bonchev–Trinajstić information content (AvgIpc) is 2.01. The Balaban J connectivity index is 2.73. The first kappa shape index (κ1) is 10.2. The Kier molecular flexibility index (Phi) is 2.54. The molecule has 3 N–H and O–H groups in total. The van der Waals surface area contributed by atoms with Crippen LogP contribution in [0.4, 0.5) is 18.0 Å². The van der Waals surface area contributed by atoms with Crippen molar-refractivity contribution in [3.8, 4) is 0 Å². The van der Waals surface area contributed by atoms with Crippen LogP contribution in [0, 0.1) is 0 Å². The standard InChI is InChI=1S/C6H6F3N3O2/c7-6(8,9)12-3-4(1-2-14-12)11-5(10)13/h1-3H,(H3,10,11,13). The molecule has 0 aromatic heterocycles. The SMILES string of the molecule is NC(=O)NC1=CN(C(F)(F)F)OC=C1. The summed E-state index contributed by atoms with van der Waals surface area (Å²) in [5.74, 6) is 0. The highest BCUT2D eigenvalue weighted by Gasteiger charge is 2.38. The number of amides is 2. The molecule has 0 spiro atoms. The van der Waals surface area contributed by atoms with Gasteiger partial charge < -0.3 is 15.9 Å². The number of nitrogens with zero attached hydrogens (tertiary/aromatic N) is 1. The van der Waals surface area contributed by atoms with Crippen molar-refractivity contribution in [3.63, 3.8) is 0 Å². The number of hydroxylamine groups is 2. The van der Waals surface area contributed by atoms with Crippen LogP contribution >= 0.6 is 0 Å². The molecule has 1 heterocycles. The van der Waals surface area contributed by atoms with E-state index in [0.717, 1.165) is 12.3 Å². The van der Waals surface area contributed by atoms with E-state index in [-0.39, 0.29) is 10.8 Å². The molecule has 0 unspecified atom stereocenters. The second-order valence-electron chi connectivity index (χ2n) is 2.28. The quantitative estimate of drug-likeness (QED) is 0.627. The number of carbonyl (C=O) groups excluding carboxylic acids is 1. The third kappa shape index (κ3) is 2.57. The van der Waals surface area contributed by atoms with Crippen LogP contribution in [0.5, 0.6) is 0 Å². The molecule has 0 atom stereocenters. The fourth-order valence-corrected chi connectivity index (χ4v) is 0.718. The van der Waals surface area contributed by atoms with Crippen LogP contribution in [0.3, 0.4) is 0 Å². The van der Waals surface area contributed by atoms with Crippen LogP contribution in [0.2, 0.25) is 0 Å². The lowest BCUT2D eigenvalue weighted by Gasteiger charge is -2.23. The first-order valence-electron chi connectivity index (χ1n) is 3.37. The zero-order chi connectivity index (χ0) is 10.8. The van der Waals surface area contributed by atoms with Crippen molar-refractivity contribution in [1.82, 2.24) is 10.4 Å². The molecular weight excluding hydrogens is 203 g/mol. The van der Waals surface area contributed by atoms with Gasteiger partial charge in [-0.25, -0.2) is 4.79 Å². The van der Waals surface area contributed by atoms with Crippen LogP contribution in [0.25, 0.3) is 0 Å². The minimum Gasteiger partial charge on any atom is -0.380 e. The van der Waals surface area contributed by atoms with Crippen LogP contribution in [0.15, 0.2) is 24.2 Å². The minimum absolute atomic E-state index is 0.110. The number of primary amides is 1. The predicted molar refractivity (Wildman–Crippen MR) is 38.9 cm³/mol. The van der Waals surface area contributed by atoms with E-state index in [9.17, 15) is 18.0 Å². The molecule has 1 aliphatic heterocycles. The molecule has 1 aliphatic rings. The van der Waals surface area contributed by atoms with Crippen molar-refractivity contribution in [3.05, 3.63) is 24.2 Å². The molecule has 0 saturated carbocycles. The van der Waals surface area contributed by atoms with E-state index in [4.69, 9.17) is 5.73 Å². The number of urea groups is 1. The summed E-state index contributed by atoms with van der Waals surface area (Å²) < 4.78 is 36.1. The highest BCUT2D eigenvalue weighted by molar-refractivity contribution is 5.74. The Morgan fingerprint density at radius 2 is 2.21 bits per heavy atom. The summed E-state index contributed by atoms with van der Waals surface area (Å²) in [4.78, 5) is 14.4. The Hall–Kier alpha value is -1.86. The first-order chi connectivity index (χ1) is 6.39. The average molecular weight is 209 g/mol. The number of allylic oxidation sites excluding steroid dienone is 1. The highest BCUT2D eigenvalue weighted by Crippen LogP contribution is 2.24. The fraction of sp³-hybridized carbons (Fsp3) is 0.167. The van der Waals surface area contributed by atoms with Gasteiger partial charge in [-0.3, -0.25) is 0 Å². The van der Waals surface area contributed by atoms with Gasteiger partial charge in [0.15, 0.2) is 0 Å². The summed E-state index contributed by atoms with van der Waals surface area (Å²) in [6.07, 6.45) is -2.20. The number of hydrogen-bond donors (Lipinski definition) is 2.